The third-order valence-corrected chi connectivity index (χ3v) is 8.23. The van der Waals surface area contributed by atoms with Crippen LogP contribution in [0.5, 0.6) is 0 Å². The molecule has 0 N–H and O–H groups in total. The zero-order chi connectivity index (χ0) is 29.4. The van der Waals surface area contributed by atoms with Crippen molar-refractivity contribution in [1.82, 2.24) is 0 Å². The molecule has 7 rings (SSSR count). The fourth-order valence-corrected chi connectivity index (χ4v) is 5.97. The molecule has 43 heavy (non-hydrogen) atoms. The van der Waals surface area contributed by atoms with Crippen LogP contribution >= 0.6 is 0 Å². The summed E-state index contributed by atoms with van der Waals surface area (Å²) in [6.07, 6.45) is -4.03. The summed E-state index contributed by atoms with van der Waals surface area (Å²) in [6.45, 7) is 1.82. The van der Waals surface area contributed by atoms with Gasteiger partial charge >= 0.3 is 11.9 Å². The highest BCUT2D eigenvalue weighted by molar-refractivity contribution is 5.90. The molecule has 0 unspecified atom stereocenters. The third kappa shape index (κ3) is 4.92. The Morgan fingerprint density at radius 3 is 1.84 bits per heavy atom. The first kappa shape index (κ1) is 27.5. The van der Waals surface area contributed by atoms with E-state index in [0.717, 1.165) is 11.1 Å². The Kier molecular flexibility index (Phi) is 7.07. The minimum absolute atomic E-state index is 0.138. The van der Waals surface area contributed by atoms with Gasteiger partial charge in [-0.15, -0.1) is 0 Å². The highest BCUT2D eigenvalue weighted by atomic mass is 16.8. The molecule has 0 aliphatic carbocycles. The van der Waals surface area contributed by atoms with E-state index < -0.39 is 54.0 Å². The van der Waals surface area contributed by atoms with Crippen LogP contribution in [0.15, 0.2) is 121 Å². The van der Waals surface area contributed by atoms with Gasteiger partial charge < -0.3 is 28.4 Å². The van der Waals surface area contributed by atoms with Crippen LogP contribution in [-0.4, -0.2) is 48.2 Å². The Labute approximate surface area is 249 Å². The number of carbonyl (C=O) groups excluding carboxylic acids is 2. The summed E-state index contributed by atoms with van der Waals surface area (Å²) >= 11 is 0. The maximum Gasteiger partial charge on any atom is 0.339 e. The monoisotopic (exact) mass is 578 g/mol. The van der Waals surface area contributed by atoms with Crippen molar-refractivity contribution < 1.29 is 38.0 Å². The van der Waals surface area contributed by atoms with E-state index in [1.807, 2.05) is 72.8 Å². The summed E-state index contributed by atoms with van der Waals surface area (Å²) < 4.78 is 38.3. The Balaban J connectivity index is 1.31. The van der Waals surface area contributed by atoms with Crippen LogP contribution < -0.4 is 0 Å². The summed E-state index contributed by atoms with van der Waals surface area (Å²) in [5, 5.41) is 0. The lowest BCUT2D eigenvalue weighted by Crippen LogP contribution is -2.71. The van der Waals surface area contributed by atoms with E-state index in [9.17, 15) is 9.59 Å². The van der Waals surface area contributed by atoms with Gasteiger partial charge in [0.2, 0.25) is 11.4 Å². The second-order valence-corrected chi connectivity index (χ2v) is 11.0. The Hall–Kier alpha value is -4.34. The molecule has 218 valence electrons. The first-order valence-electron chi connectivity index (χ1n) is 14.3. The SMILES string of the molecule is C[C@@]1(OC(=O)c2ccccc2)[C@@H](OC(=O)c2ccccc2)[C@@H]2O[C@@H](c3ccccc3)OC[C@H]2O[C@]12O[C@H]2c1ccccc1. The first-order chi connectivity index (χ1) is 21.0. The molecule has 1 spiro atoms. The molecule has 3 fully saturated rings. The van der Waals surface area contributed by atoms with Gasteiger partial charge in [-0.25, -0.2) is 9.59 Å². The van der Waals surface area contributed by atoms with Crippen molar-refractivity contribution in [2.75, 3.05) is 6.61 Å². The van der Waals surface area contributed by atoms with Gasteiger partial charge in [0.25, 0.3) is 0 Å². The van der Waals surface area contributed by atoms with Crippen molar-refractivity contribution in [3.63, 3.8) is 0 Å². The van der Waals surface area contributed by atoms with E-state index in [2.05, 4.69) is 0 Å². The van der Waals surface area contributed by atoms with Crippen LogP contribution in [0, 0.1) is 0 Å². The maximum absolute atomic E-state index is 13.7. The van der Waals surface area contributed by atoms with E-state index in [-0.39, 0.29) is 6.61 Å². The molecule has 7 atom stereocenters. The minimum Gasteiger partial charge on any atom is -0.451 e. The molecule has 4 aromatic rings. The van der Waals surface area contributed by atoms with Crippen molar-refractivity contribution in [3.05, 3.63) is 144 Å². The zero-order valence-electron chi connectivity index (χ0n) is 23.4. The first-order valence-corrected chi connectivity index (χ1v) is 14.3. The van der Waals surface area contributed by atoms with Gasteiger partial charge in [0.1, 0.15) is 18.3 Å². The van der Waals surface area contributed by atoms with E-state index in [0.29, 0.717) is 11.1 Å². The van der Waals surface area contributed by atoms with E-state index >= 15 is 0 Å². The van der Waals surface area contributed by atoms with E-state index in [1.165, 1.54) is 0 Å². The van der Waals surface area contributed by atoms with Gasteiger partial charge in [0.05, 0.1) is 17.7 Å². The fraction of sp³-hybridized carbons (Fsp3) is 0.257. The van der Waals surface area contributed by atoms with Crippen LogP contribution in [0.2, 0.25) is 0 Å². The summed E-state index contributed by atoms with van der Waals surface area (Å²) in [4.78, 5) is 27.3. The highest BCUT2D eigenvalue weighted by Crippen LogP contribution is 2.63. The molecule has 0 radical (unpaired) electrons. The smallest absolute Gasteiger partial charge is 0.339 e. The number of fused-ring (bicyclic) bond motifs is 1. The predicted octanol–water partition coefficient (Wildman–Crippen LogP) is 5.81. The molecule has 0 amide bonds. The standard InChI is InChI=1S/C35H30O8/c1-34(43-32(37)25-18-10-4-11-19-25)30(40-31(36)24-16-8-3-9-17-24)28-27(22-38-33(39-28)26-20-12-5-13-21-26)41-35(34)29(42-35)23-14-6-2-7-15-23/h2-21,27-30,33H,22H2,1H3/t27-,28-,29+,30+,33+,34-,35-/m1/s1. The van der Waals surface area contributed by atoms with Crippen LogP contribution in [0.25, 0.3) is 0 Å². The van der Waals surface area contributed by atoms with Crippen molar-refractivity contribution in [3.8, 4) is 0 Å². The molecule has 0 aromatic heterocycles. The minimum atomic E-state index is -1.63. The molecule has 3 aliphatic rings. The predicted molar refractivity (Wildman–Crippen MR) is 154 cm³/mol. The molecule has 0 bridgehead atoms. The maximum atomic E-state index is 13.7. The average Bonchev–Trinajstić information content (AvgIpc) is 3.80. The number of hydrogen-bond donors (Lipinski definition) is 0. The van der Waals surface area contributed by atoms with Gasteiger partial charge in [0, 0.05) is 5.56 Å². The topological polar surface area (TPSA) is 92.8 Å². The largest absolute Gasteiger partial charge is 0.451 e. The third-order valence-electron chi connectivity index (χ3n) is 8.23. The van der Waals surface area contributed by atoms with Gasteiger partial charge in [-0.3, -0.25) is 0 Å². The van der Waals surface area contributed by atoms with Crippen molar-refractivity contribution in [2.45, 2.75) is 49.0 Å². The average molecular weight is 579 g/mol. The van der Waals surface area contributed by atoms with Crippen LogP contribution in [0.3, 0.4) is 0 Å². The molecule has 8 heteroatoms. The molecule has 3 heterocycles. The number of esters is 2. The molecular weight excluding hydrogens is 548 g/mol. The summed E-state index contributed by atoms with van der Waals surface area (Å²) in [5.74, 6) is -2.68. The molecule has 0 saturated carbocycles. The Morgan fingerprint density at radius 1 is 0.698 bits per heavy atom. The fourth-order valence-electron chi connectivity index (χ4n) is 5.97. The number of ether oxygens (including phenoxy) is 6. The quantitative estimate of drug-likeness (QED) is 0.209. The molecule has 4 aromatic carbocycles. The molecule has 3 saturated heterocycles. The van der Waals surface area contributed by atoms with E-state index in [4.69, 9.17) is 28.4 Å². The van der Waals surface area contributed by atoms with Gasteiger partial charge in [-0.2, -0.15) is 0 Å². The van der Waals surface area contributed by atoms with Crippen LogP contribution in [0.4, 0.5) is 0 Å². The second kappa shape index (κ2) is 11.1. The molecule has 3 aliphatic heterocycles. The second-order valence-electron chi connectivity index (χ2n) is 11.0. The summed E-state index contributed by atoms with van der Waals surface area (Å²) in [6, 6.07) is 36.3. The van der Waals surface area contributed by atoms with Crippen LogP contribution in [0.1, 0.15) is 51.2 Å². The highest BCUT2D eigenvalue weighted by Gasteiger charge is 2.80. The zero-order valence-corrected chi connectivity index (χ0v) is 23.4. The lowest BCUT2D eigenvalue weighted by molar-refractivity contribution is -0.366. The lowest BCUT2D eigenvalue weighted by atomic mass is 9.79. The van der Waals surface area contributed by atoms with Gasteiger partial charge in [-0.05, 0) is 36.8 Å². The number of carbonyl (C=O) groups is 2. The number of hydrogen-bond acceptors (Lipinski definition) is 8. The van der Waals surface area contributed by atoms with Crippen molar-refractivity contribution in [1.29, 1.82) is 0 Å². The lowest BCUT2D eigenvalue weighted by Gasteiger charge is -2.52. The molecule has 8 nitrogen and oxygen atoms in total. The number of benzene rings is 4. The van der Waals surface area contributed by atoms with E-state index in [1.54, 1.807) is 55.5 Å². The normalized spacial score (nSPS) is 31.0. The number of epoxide rings is 1. The summed E-state index contributed by atoms with van der Waals surface area (Å²) in [5.41, 5.74) is 0.670. The Morgan fingerprint density at radius 2 is 1.23 bits per heavy atom. The Bertz CT molecular complexity index is 1580. The van der Waals surface area contributed by atoms with Crippen molar-refractivity contribution >= 4 is 11.9 Å². The van der Waals surface area contributed by atoms with Gasteiger partial charge in [0.15, 0.2) is 12.4 Å². The van der Waals surface area contributed by atoms with Crippen LogP contribution in [-0.2, 0) is 28.4 Å². The van der Waals surface area contributed by atoms with Gasteiger partial charge in [-0.1, -0.05) is 97.1 Å². The molecular formula is C35H30O8. The number of rotatable bonds is 6. The van der Waals surface area contributed by atoms with Crippen molar-refractivity contribution in [2.24, 2.45) is 0 Å². The summed E-state index contributed by atoms with van der Waals surface area (Å²) in [7, 11) is 0.